The van der Waals surface area contributed by atoms with E-state index in [0.717, 1.165) is 13.1 Å². The molecule has 4 rings (SSSR count). The number of fused-ring (bicyclic) bond motifs is 1. The molecule has 1 heterocycles. The van der Waals surface area contributed by atoms with Gasteiger partial charge < -0.3 is 0 Å². The first-order valence-electron chi connectivity index (χ1n) is 9.16. The Bertz CT molecular complexity index is 1130. The van der Waals surface area contributed by atoms with Crippen LogP contribution >= 0.6 is 0 Å². The predicted octanol–water partition coefficient (Wildman–Crippen LogP) is 4.51. The molecule has 0 unspecified atom stereocenters. The highest BCUT2D eigenvalue weighted by atomic mass is 15.1. The Balaban J connectivity index is 1.77. The molecule has 132 valence electrons. The smallest absolute Gasteiger partial charge is 0.226 e. The standard InChI is InChI=1S/C24H22N3/c1-18-12-23-24(13-19(18)2)27(16-22-10-8-20(14-25)9-11-22)17-26(23)15-21-6-4-3-5-7-21/h3-13,17H,15-16H2,1-2H3/q+1. The summed E-state index contributed by atoms with van der Waals surface area (Å²) in [6.07, 6.45) is 2.20. The molecule has 0 aliphatic carbocycles. The maximum absolute atomic E-state index is 9.00. The quantitative estimate of drug-likeness (QED) is 0.497. The fourth-order valence-electron chi connectivity index (χ4n) is 3.45. The van der Waals surface area contributed by atoms with Crippen molar-refractivity contribution in [1.82, 2.24) is 4.57 Å². The Morgan fingerprint density at radius 3 is 2.30 bits per heavy atom. The van der Waals surface area contributed by atoms with Crippen molar-refractivity contribution in [2.45, 2.75) is 26.9 Å². The Morgan fingerprint density at radius 2 is 1.59 bits per heavy atom. The molecule has 0 saturated carbocycles. The minimum absolute atomic E-state index is 0.696. The molecule has 3 aromatic carbocycles. The number of aromatic nitrogens is 2. The van der Waals surface area contributed by atoms with Crippen LogP contribution in [0.2, 0.25) is 0 Å². The van der Waals surface area contributed by atoms with Crippen LogP contribution in [0.3, 0.4) is 0 Å². The molecule has 3 nitrogen and oxygen atoms in total. The first kappa shape index (κ1) is 17.1. The van der Waals surface area contributed by atoms with Crippen LogP contribution in [-0.2, 0) is 13.1 Å². The lowest BCUT2D eigenvalue weighted by Crippen LogP contribution is -2.32. The van der Waals surface area contributed by atoms with Crippen LogP contribution in [0.25, 0.3) is 11.0 Å². The van der Waals surface area contributed by atoms with Gasteiger partial charge in [0.1, 0.15) is 13.1 Å². The minimum Gasteiger partial charge on any atom is -0.226 e. The number of nitrogens with zero attached hydrogens (tertiary/aromatic N) is 3. The van der Waals surface area contributed by atoms with Gasteiger partial charge in [0, 0.05) is 0 Å². The molecule has 1 aromatic heterocycles. The van der Waals surface area contributed by atoms with E-state index in [2.05, 4.69) is 77.8 Å². The van der Waals surface area contributed by atoms with Gasteiger partial charge in [0.2, 0.25) is 6.33 Å². The Hall–Kier alpha value is -3.38. The van der Waals surface area contributed by atoms with E-state index in [4.69, 9.17) is 5.26 Å². The number of hydrogen-bond donors (Lipinski definition) is 0. The van der Waals surface area contributed by atoms with Gasteiger partial charge in [0.05, 0.1) is 11.6 Å². The summed E-state index contributed by atoms with van der Waals surface area (Å²) in [6, 6.07) is 25.1. The van der Waals surface area contributed by atoms with E-state index in [9.17, 15) is 0 Å². The van der Waals surface area contributed by atoms with E-state index in [0.29, 0.717) is 5.56 Å². The normalized spacial score (nSPS) is 10.9. The van der Waals surface area contributed by atoms with Crippen LogP contribution in [0.4, 0.5) is 0 Å². The van der Waals surface area contributed by atoms with Gasteiger partial charge >= 0.3 is 0 Å². The monoisotopic (exact) mass is 352 g/mol. The highest BCUT2D eigenvalue weighted by molar-refractivity contribution is 5.74. The summed E-state index contributed by atoms with van der Waals surface area (Å²) in [5.74, 6) is 0. The molecule has 0 aliphatic heterocycles. The molecular formula is C24H22N3+. The van der Waals surface area contributed by atoms with E-state index in [1.807, 2.05) is 24.3 Å². The number of nitriles is 1. The van der Waals surface area contributed by atoms with Gasteiger partial charge in [-0.2, -0.15) is 5.26 Å². The lowest BCUT2D eigenvalue weighted by Gasteiger charge is -2.02. The highest BCUT2D eigenvalue weighted by Crippen LogP contribution is 2.19. The van der Waals surface area contributed by atoms with Crippen LogP contribution in [0.5, 0.6) is 0 Å². The molecule has 0 aliphatic rings. The van der Waals surface area contributed by atoms with Crippen LogP contribution in [0.1, 0.15) is 27.8 Å². The van der Waals surface area contributed by atoms with E-state index in [1.165, 1.54) is 33.3 Å². The second-order valence-corrected chi connectivity index (χ2v) is 7.09. The molecule has 0 spiro atoms. The van der Waals surface area contributed by atoms with E-state index in [-0.39, 0.29) is 0 Å². The first-order valence-corrected chi connectivity index (χ1v) is 9.16. The van der Waals surface area contributed by atoms with Crippen molar-refractivity contribution < 1.29 is 4.57 Å². The van der Waals surface area contributed by atoms with Crippen molar-refractivity contribution in [3.8, 4) is 6.07 Å². The van der Waals surface area contributed by atoms with E-state index < -0.39 is 0 Å². The summed E-state index contributed by atoms with van der Waals surface area (Å²) in [5, 5.41) is 9.00. The zero-order chi connectivity index (χ0) is 18.8. The minimum atomic E-state index is 0.696. The Kier molecular flexibility index (Phi) is 4.48. The van der Waals surface area contributed by atoms with Crippen molar-refractivity contribution in [2.75, 3.05) is 0 Å². The number of rotatable bonds is 4. The van der Waals surface area contributed by atoms with E-state index >= 15 is 0 Å². The second kappa shape index (κ2) is 7.09. The molecule has 4 aromatic rings. The van der Waals surface area contributed by atoms with E-state index in [1.54, 1.807) is 0 Å². The number of aryl methyl sites for hydroxylation is 2. The zero-order valence-corrected chi connectivity index (χ0v) is 15.7. The van der Waals surface area contributed by atoms with Gasteiger partial charge in [-0.3, -0.25) is 0 Å². The molecule has 0 amide bonds. The third-order valence-corrected chi connectivity index (χ3v) is 5.12. The largest absolute Gasteiger partial charge is 0.245 e. The van der Waals surface area contributed by atoms with Gasteiger partial charge in [0.15, 0.2) is 11.0 Å². The summed E-state index contributed by atoms with van der Waals surface area (Å²) in [6.45, 7) is 5.96. The average molecular weight is 352 g/mol. The summed E-state index contributed by atoms with van der Waals surface area (Å²) in [4.78, 5) is 0. The summed E-state index contributed by atoms with van der Waals surface area (Å²) >= 11 is 0. The van der Waals surface area contributed by atoms with Crippen molar-refractivity contribution in [2.24, 2.45) is 0 Å². The fourth-order valence-corrected chi connectivity index (χ4v) is 3.45. The van der Waals surface area contributed by atoms with Gasteiger partial charge in [-0.25, -0.2) is 9.13 Å². The summed E-state index contributed by atoms with van der Waals surface area (Å²) in [7, 11) is 0. The van der Waals surface area contributed by atoms with Crippen LogP contribution in [0, 0.1) is 25.2 Å². The maximum Gasteiger partial charge on any atom is 0.245 e. The number of hydrogen-bond acceptors (Lipinski definition) is 1. The van der Waals surface area contributed by atoms with Gasteiger partial charge in [0.25, 0.3) is 0 Å². The Morgan fingerprint density at radius 1 is 0.889 bits per heavy atom. The molecular weight excluding hydrogens is 330 g/mol. The lowest BCUT2D eigenvalue weighted by atomic mass is 10.1. The lowest BCUT2D eigenvalue weighted by molar-refractivity contribution is -0.663. The fraction of sp³-hybridized carbons (Fsp3) is 0.167. The van der Waals surface area contributed by atoms with Crippen molar-refractivity contribution in [3.63, 3.8) is 0 Å². The number of imidazole rings is 1. The zero-order valence-electron chi connectivity index (χ0n) is 15.7. The number of benzene rings is 3. The Labute approximate surface area is 159 Å². The average Bonchev–Trinajstić information content (AvgIpc) is 3.00. The second-order valence-electron chi connectivity index (χ2n) is 7.09. The van der Waals surface area contributed by atoms with Gasteiger partial charge in [-0.1, -0.05) is 42.5 Å². The first-order chi connectivity index (χ1) is 13.1. The van der Waals surface area contributed by atoms with Crippen molar-refractivity contribution in [3.05, 3.63) is 101 Å². The SMILES string of the molecule is Cc1cc2c(cc1C)[n+](Cc1ccccc1)cn2Cc1ccc(C#N)cc1. The highest BCUT2D eigenvalue weighted by Gasteiger charge is 2.17. The maximum atomic E-state index is 9.00. The molecule has 0 bridgehead atoms. The topological polar surface area (TPSA) is 32.6 Å². The molecule has 27 heavy (non-hydrogen) atoms. The van der Waals surface area contributed by atoms with Crippen LogP contribution in [0.15, 0.2) is 73.1 Å². The summed E-state index contributed by atoms with van der Waals surface area (Å²) in [5.41, 5.74) is 8.26. The molecule has 0 atom stereocenters. The van der Waals surface area contributed by atoms with Crippen LogP contribution in [-0.4, -0.2) is 4.57 Å². The molecule has 0 radical (unpaired) electrons. The summed E-state index contributed by atoms with van der Waals surface area (Å²) < 4.78 is 4.62. The predicted molar refractivity (Wildman–Crippen MR) is 107 cm³/mol. The van der Waals surface area contributed by atoms with Crippen LogP contribution < -0.4 is 4.57 Å². The third-order valence-electron chi connectivity index (χ3n) is 5.12. The molecule has 0 saturated heterocycles. The van der Waals surface area contributed by atoms with Crippen molar-refractivity contribution in [1.29, 1.82) is 5.26 Å². The third kappa shape index (κ3) is 3.47. The van der Waals surface area contributed by atoms with Crippen molar-refractivity contribution >= 4 is 11.0 Å². The van der Waals surface area contributed by atoms with Gasteiger partial charge in [-0.15, -0.1) is 0 Å². The molecule has 3 heteroatoms. The molecule has 0 N–H and O–H groups in total. The van der Waals surface area contributed by atoms with Gasteiger partial charge in [-0.05, 0) is 60.4 Å². The molecule has 0 fully saturated rings.